The molecule has 1 aromatic carbocycles. The monoisotopic (exact) mass is 314 g/mol. The van der Waals surface area contributed by atoms with E-state index >= 15 is 0 Å². The number of para-hydroxylation sites is 1. The lowest BCUT2D eigenvalue weighted by molar-refractivity contribution is -0.115. The van der Waals surface area contributed by atoms with Gasteiger partial charge >= 0.3 is 0 Å². The SMILES string of the molecule is O=C1CN(C(=O)c2cc3n(n2)CCCC3)c2cccc(F)c2N1. The molecule has 2 aliphatic rings. The van der Waals surface area contributed by atoms with Gasteiger partial charge in [-0.3, -0.25) is 19.2 Å². The largest absolute Gasteiger partial charge is 0.320 e. The van der Waals surface area contributed by atoms with Gasteiger partial charge in [-0.15, -0.1) is 0 Å². The van der Waals surface area contributed by atoms with Crippen molar-refractivity contribution in [2.45, 2.75) is 25.8 Å². The number of halogens is 1. The lowest BCUT2D eigenvalue weighted by Crippen LogP contribution is -2.42. The van der Waals surface area contributed by atoms with Gasteiger partial charge in [0.15, 0.2) is 5.69 Å². The molecular weight excluding hydrogens is 299 g/mol. The molecule has 0 unspecified atom stereocenters. The topological polar surface area (TPSA) is 67.2 Å². The van der Waals surface area contributed by atoms with Crippen LogP contribution in [-0.4, -0.2) is 28.1 Å². The summed E-state index contributed by atoms with van der Waals surface area (Å²) in [6.45, 7) is 0.659. The van der Waals surface area contributed by atoms with E-state index < -0.39 is 11.7 Å². The summed E-state index contributed by atoms with van der Waals surface area (Å²) in [5, 5.41) is 6.83. The molecule has 0 saturated carbocycles. The number of anilines is 2. The van der Waals surface area contributed by atoms with Crippen molar-refractivity contribution < 1.29 is 14.0 Å². The zero-order valence-corrected chi connectivity index (χ0v) is 12.4. The number of fused-ring (bicyclic) bond motifs is 2. The van der Waals surface area contributed by atoms with Crippen LogP contribution in [-0.2, 0) is 17.8 Å². The second-order valence-electron chi connectivity index (χ2n) is 5.77. The fourth-order valence-corrected chi connectivity index (χ4v) is 3.11. The Labute approximate surface area is 131 Å². The summed E-state index contributed by atoms with van der Waals surface area (Å²) in [6.07, 6.45) is 3.02. The second-order valence-corrected chi connectivity index (χ2v) is 5.77. The minimum Gasteiger partial charge on any atom is -0.320 e. The fourth-order valence-electron chi connectivity index (χ4n) is 3.11. The van der Waals surface area contributed by atoms with Gasteiger partial charge in [0.25, 0.3) is 5.91 Å². The number of carbonyl (C=O) groups is 2. The van der Waals surface area contributed by atoms with Crippen molar-refractivity contribution in [3.8, 4) is 0 Å². The van der Waals surface area contributed by atoms with Crippen LogP contribution in [0.4, 0.5) is 15.8 Å². The van der Waals surface area contributed by atoms with Crippen LogP contribution in [0.25, 0.3) is 0 Å². The molecule has 7 heteroatoms. The molecule has 2 aliphatic heterocycles. The molecule has 1 aromatic heterocycles. The van der Waals surface area contributed by atoms with Crippen molar-refractivity contribution in [1.29, 1.82) is 0 Å². The Morgan fingerprint density at radius 2 is 2.17 bits per heavy atom. The quantitative estimate of drug-likeness (QED) is 0.875. The molecule has 6 nitrogen and oxygen atoms in total. The first-order valence-corrected chi connectivity index (χ1v) is 7.60. The summed E-state index contributed by atoms with van der Waals surface area (Å²) in [5.74, 6) is -1.36. The molecule has 118 valence electrons. The van der Waals surface area contributed by atoms with Crippen molar-refractivity contribution in [2.24, 2.45) is 0 Å². The van der Waals surface area contributed by atoms with Crippen LogP contribution in [0.1, 0.15) is 29.0 Å². The van der Waals surface area contributed by atoms with Crippen molar-refractivity contribution in [1.82, 2.24) is 9.78 Å². The number of rotatable bonds is 1. The predicted octanol–water partition coefficient (Wildman–Crippen LogP) is 1.96. The molecular formula is C16H15FN4O2. The first-order chi connectivity index (χ1) is 11.1. The molecule has 1 N–H and O–H groups in total. The average molecular weight is 314 g/mol. The van der Waals surface area contributed by atoms with Crippen LogP contribution < -0.4 is 10.2 Å². The number of benzene rings is 1. The normalized spacial score (nSPS) is 16.6. The third kappa shape index (κ3) is 2.28. The smallest absolute Gasteiger partial charge is 0.279 e. The molecule has 0 saturated heterocycles. The molecule has 0 fully saturated rings. The highest BCUT2D eigenvalue weighted by Gasteiger charge is 2.31. The van der Waals surface area contributed by atoms with Crippen molar-refractivity contribution in [3.05, 3.63) is 41.5 Å². The van der Waals surface area contributed by atoms with Crippen LogP contribution in [0.3, 0.4) is 0 Å². The maximum absolute atomic E-state index is 13.9. The third-order valence-electron chi connectivity index (χ3n) is 4.23. The Morgan fingerprint density at radius 3 is 3.00 bits per heavy atom. The number of nitrogens with zero attached hydrogens (tertiary/aromatic N) is 3. The Balaban J connectivity index is 1.73. The van der Waals surface area contributed by atoms with E-state index in [0.29, 0.717) is 11.4 Å². The van der Waals surface area contributed by atoms with Crippen molar-refractivity contribution in [3.63, 3.8) is 0 Å². The highest BCUT2D eigenvalue weighted by Crippen LogP contribution is 2.32. The van der Waals surface area contributed by atoms with E-state index in [4.69, 9.17) is 0 Å². The van der Waals surface area contributed by atoms with Crippen LogP contribution in [0.5, 0.6) is 0 Å². The standard InChI is InChI=1S/C16H15FN4O2/c17-11-5-3-6-13-15(11)18-14(22)9-20(13)16(23)12-8-10-4-1-2-7-21(10)19-12/h3,5-6,8H,1-2,4,7,9H2,(H,18,22). The Morgan fingerprint density at radius 1 is 1.30 bits per heavy atom. The molecule has 0 radical (unpaired) electrons. The highest BCUT2D eigenvalue weighted by molar-refractivity contribution is 6.14. The zero-order valence-electron chi connectivity index (χ0n) is 12.4. The predicted molar refractivity (Wildman–Crippen MR) is 81.9 cm³/mol. The maximum Gasteiger partial charge on any atom is 0.279 e. The number of hydrogen-bond acceptors (Lipinski definition) is 3. The molecule has 0 spiro atoms. The summed E-state index contributed by atoms with van der Waals surface area (Å²) in [5.41, 5.74) is 1.73. The lowest BCUT2D eigenvalue weighted by atomic mass is 10.1. The molecule has 0 bridgehead atoms. The van der Waals surface area contributed by atoms with Gasteiger partial charge < -0.3 is 5.32 Å². The van der Waals surface area contributed by atoms with Gasteiger partial charge in [0.05, 0.1) is 5.69 Å². The van der Waals surface area contributed by atoms with Crippen LogP contribution in [0, 0.1) is 5.82 Å². The Hall–Kier alpha value is -2.70. The number of aryl methyl sites for hydroxylation is 2. The number of aromatic nitrogens is 2. The van der Waals surface area contributed by atoms with E-state index in [2.05, 4.69) is 10.4 Å². The third-order valence-corrected chi connectivity index (χ3v) is 4.23. The van der Waals surface area contributed by atoms with E-state index in [1.807, 2.05) is 4.68 Å². The average Bonchev–Trinajstić information content (AvgIpc) is 2.98. The highest BCUT2D eigenvalue weighted by atomic mass is 19.1. The van der Waals surface area contributed by atoms with E-state index in [0.717, 1.165) is 31.5 Å². The number of amides is 2. The molecule has 4 rings (SSSR count). The van der Waals surface area contributed by atoms with E-state index in [1.54, 1.807) is 12.1 Å². The first kappa shape index (κ1) is 13.9. The summed E-state index contributed by atoms with van der Waals surface area (Å²) in [6, 6.07) is 6.16. The van der Waals surface area contributed by atoms with Gasteiger partial charge in [-0.1, -0.05) is 6.07 Å². The second kappa shape index (κ2) is 5.19. The zero-order chi connectivity index (χ0) is 16.0. The number of hydrogen-bond donors (Lipinski definition) is 1. The molecule has 23 heavy (non-hydrogen) atoms. The molecule has 0 aliphatic carbocycles. The minimum atomic E-state index is -0.558. The van der Waals surface area contributed by atoms with Gasteiger partial charge in [0.1, 0.15) is 18.0 Å². The van der Waals surface area contributed by atoms with Crippen LogP contribution in [0.15, 0.2) is 24.3 Å². The van der Waals surface area contributed by atoms with Gasteiger partial charge in [-0.2, -0.15) is 5.10 Å². The summed E-state index contributed by atoms with van der Waals surface area (Å²) >= 11 is 0. The number of nitrogens with one attached hydrogen (secondary N) is 1. The van der Waals surface area contributed by atoms with E-state index in [9.17, 15) is 14.0 Å². The summed E-state index contributed by atoms with van der Waals surface area (Å²) in [7, 11) is 0. The van der Waals surface area contributed by atoms with Gasteiger partial charge in [-0.25, -0.2) is 4.39 Å². The summed E-state index contributed by atoms with van der Waals surface area (Å²) < 4.78 is 15.7. The molecule has 0 atom stereocenters. The van der Waals surface area contributed by atoms with E-state index in [-0.39, 0.29) is 18.1 Å². The van der Waals surface area contributed by atoms with Gasteiger partial charge in [0, 0.05) is 12.2 Å². The maximum atomic E-state index is 13.9. The molecule has 3 heterocycles. The van der Waals surface area contributed by atoms with E-state index in [1.165, 1.54) is 17.0 Å². The molecule has 2 aromatic rings. The Kier molecular flexibility index (Phi) is 3.14. The van der Waals surface area contributed by atoms with Crippen molar-refractivity contribution in [2.75, 3.05) is 16.8 Å². The minimum absolute atomic E-state index is 0.0427. The molecule has 2 amide bonds. The van der Waals surface area contributed by atoms with Crippen LogP contribution >= 0.6 is 0 Å². The number of carbonyl (C=O) groups excluding carboxylic acids is 2. The van der Waals surface area contributed by atoms with Crippen molar-refractivity contribution >= 4 is 23.2 Å². The first-order valence-electron chi connectivity index (χ1n) is 7.60. The lowest BCUT2D eigenvalue weighted by Gasteiger charge is -2.28. The Bertz CT molecular complexity index is 791. The fraction of sp³-hybridized carbons (Fsp3) is 0.312. The summed E-state index contributed by atoms with van der Waals surface area (Å²) in [4.78, 5) is 25.9. The van der Waals surface area contributed by atoms with Gasteiger partial charge in [0.2, 0.25) is 5.91 Å². The van der Waals surface area contributed by atoms with Crippen LogP contribution in [0.2, 0.25) is 0 Å². The van der Waals surface area contributed by atoms with Gasteiger partial charge in [-0.05, 0) is 37.5 Å².